The smallest absolute Gasteiger partial charge is 0.344 e. The molecular formula is C20H19NO5. The zero-order valence-corrected chi connectivity index (χ0v) is 14.2. The first-order valence-corrected chi connectivity index (χ1v) is 8.39. The van der Waals surface area contributed by atoms with Gasteiger partial charge in [-0.25, -0.2) is 4.79 Å². The fraction of sp³-hybridized carbons (Fsp3) is 0.250. The van der Waals surface area contributed by atoms with Gasteiger partial charge in [0.25, 0.3) is 5.91 Å². The summed E-state index contributed by atoms with van der Waals surface area (Å²) in [6.45, 7) is -0.685. The summed E-state index contributed by atoms with van der Waals surface area (Å²) in [5.41, 5.74) is 3.81. The van der Waals surface area contributed by atoms with E-state index in [1.54, 1.807) is 24.3 Å². The highest BCUT2D eigenvalue weighted by molar-refractivity contribution is 5.93. The number of fused-ring (bicyclic) bond motifs is 1. The third kappa shape index (κ3) is 4.69. The summed E-state index contributed by atoms with van der Waals surface area (Å²) in [6.07, 6.45) is 3.97. The Balaban J connectivity index is 1.40. The van der Waals surface area contributed by atoms with E-state index in [4.69, 9.17) is 9.47 Å². The summed E-state index contributed by atoms with van der Waals surface area (Å²) < 4.78 is 10.1. The number of aldehydes is 1. The molecule has 0 aliphatic heterocycles. The molecule has 0 saturated heterocycles. The first-order chi connectivity index (χ1) is 12.6. The second kappa shape index (κ2) is 8.29. The summed E-state index contributed by atoms with van der Waals surface area (Å²) >= 11 is 0. The van der Waals surface area contributed by atoms with Crippen molar-refractivity contribution >= 4 is 23.9 Å². The van der Waals surface area contributed by atoms with Gasteiger partial charge in [0.15, 0.2) is 13.2 Å². The van der Waals surface area contributed by atoms with Crippen molar-refractivity contribution in [2.75, 3.05) is 18.5 Å². The standard InChI is InChI=1S/C20H19NO5/c22-11-14-4-8-18(9-5-14)25-13-20(24)26-12-19(23)21-17-7-6-15-2-1-3-16(15)10-17/h4-11H,1-3,12-13H2,(H,21,23). The second-order valence-corrected chi connectivity index (χ2v) is 6.02. The van der Waals surface area contributed by atoms with Crippen LogP contribution in [0.1, 0.15) is 27.9 Å². The highest BCUT2D eigenvalue weighted by Gasteiger charge is 2.13. The summed E-state index contributed by atoms with van der Waals surface area (Å²) in [4.78, 5) is 34.1. The predicted octanol–water partition coefficient (Wildman–Crippen LogP) is 2.55. The van der Waals surface area contributed by atoms with Crippen LogP contribution in [0.4, 0.5) is 5.69 Å². The molecule has 0 fully saturated rings. The largest absolute Gasteiger partial charge is 0.482 e. The van der Waals surface area contributed by atoms with Gasteiger partial charge in [0.1, 0.15) is 12.0 Å². The van der Waals surface area contributed by atoms with Gasteiger partial charge in [0, 0.05) is 11.3 Å². The Kier molecular flexibility index (Phi) is 5.63. The number of nitrogens with one attached hydrogen (secondary N) is 1. The Morgan fingerprint density at radius 3 is 2.54 bits per heavy atom. The molecule has 1 N–H and O–H groups in total. The highest BCUT2D eigenvalue weighted by Crippen LogP contribution is 2.24. The molecular weight excluding hydrogens is 334 g/mol. The number of esters is 1. The van der Waals surface area contributed by atoms with Crippen molar-refractivity contribution in [3.63, 3.8) is 0 Å². The Labute approximate surface area is 151 Å². The number of amides is 1. The van der Waals surface area contributed by atoms with Crippen LogP contribution in [-0.2, 0) is 27.2 Å². The van der Waals surface area contributed by atoms with Gasteiger partial charge in [-0.3, -0.25) is 9.59 Å². The lowest BCUT2D eigenvalue weighted by Crippen LogP contribution is -2.23. The lowest BCUT2D eigenvalue weighted by molar-refractivity contribution is -0.149. The van der Waals surface area contributed by atoms with Crippen molar-refractivity contribution in [2.24, 2.45) is 0 Å². The van der Waals surface area contributed by atoms with E-state index in [1.807, 2.05) is 18.2 Å². The number of aryl methyl sites for hydroxylation is 2. The average molecular weight is 353 g/mol. The van der Waals surface area contributed by atoms with Crippen LogP contribution in [0.5, 0.6) is 5.75 Å². The molecule has 0 bridgehead atoms. The monoisotopic (exact) mass is 353 g/mol. The van der Waals surface area contributed by atoms with Crippen LogP contribution in [0.15, 0.2) is 42.5 Å². The second-order valence-electron chi connectivity index (χ2n) is 6.02. The van der Waals surface area contributed by atoms with Gasteiger partial charge in [-0.15, -0.1) is 0 Å². The van der Waals surface area contributed by atoms with Crippen molar-refractivity contribution < 1.29 is 23.9 Å². The maximum absolute atomic E-state index is 11.9. The number of hydrogen-bond donors (Lipinski definition) is 1. The van der Waals surface area contributed by atoms with Gasteiger partial charge in [0.2, 0.25) is 0 Å². The minimum atomic E-state index is -0.645. The molecule has 2 aromatic carbocycles. The van der Waals surface area contributed by atoms with Crippen LogP contribution in [0.3, 0.4) is 0 Å². The van der Waals surface area contributed by atoms with E-state index in [0.717, 1.165) is 25.5 Å². The van der Waals surface area contributed by atoms with E-state index in [-0.39, 0.29) is 13.2 Å². The first kappa shape index (κ1) is 17.7. The van der Waals surface area contributed by atoms with E-state index in [1.165, 1.54) is 11.1 Å². The molecule has 3 rings (SSSR count). The van der Waals surface area contributed by atoms with E-state index in [0.29, 0.717) is 17.0 Å². The number of anilines is 1. The van der Waals surface area contributed by atoms with Crippen LogP contribution in [-0.4, -0.2) is 31.4 Å². The lowest BCUT2D eigenvalue weighted by Gasteiger charge is -2.09. The Morgan fingerprint density at radius 2 is 1.77 bits per heavy atom. The van der Waals surface area contributed by atoms with E-state index in [2.05, 4.69) is 5.32 Å². The molecule has 0 atom stereocenters. The number of benzene rings is 2. The molecule has 1 amide bonds. The summed E-state index contributed by atoms with van der Waals surface area (Å²) in [7, 11) is 0. The Morgan fingerprint density at radius 1 is 1.00 bits per heavy atom. The number of hydrogen-bond acceptors (Lipinski definition) is 5. The molecule has 0 saturated carbocycles. The molecule has 6 heteroatoms. The fourth-order valence-electron chi connectivity index (χ4n) is 2.82. The molecule has 1 aliphatic carbocycles. The quantitative estimate of drug-likeness (QED) is 0.611. The van der Waals surface area contributed by atoms with Gasteiger partial charge in [0.05, 0.1) is 0 Å². The first-order valence-electron chi connectivity index (χ1n) is 8.39. The van der Waals surface area contributed by atoms with Crippen molar-refractivity contribution in [1.82, 2.24) is 0 Å². The molecule has 0 spiro atoms. The molecule has 134 valence electrons. The van der Waals surface area contributed by atoms with Crippen LogP contribution < -0.4 is 10.1 Å². The zero-order valence-electron chi connectivity index (χ0n) is 14.2. The van der Waals surface area contributed by atoms with Crippen LogP contribution >= 0.6 is 0 Å². The van der Waals surface area contributed by atoms with E-state index < -0.39 is 11.9 Å². The van der Waals surface area contributed by atoms with Gasteiger partial charge in [-0.2, -0.15) is 0 Å². The molecule has 0 aromatic heterocycles. The van der Waals surface area contributed by atoms with Gasteiger partial charge >= 0.3 is 5.97 Å². The predicted molar refractivity (Wildman–Crippen MR) is 95.4 cm³/mol. The summed E-state index contributed by atoms with van der Waals surface area (Å²) in [5, 5.41) is 2.72. The highest BCUT2D eigenvalue weighted by atomic mass is 16.6. The molecule has 0 heterocycles. The molecule has 6 nitrogen and oxygen atoms in total. The summed E-state index contributed by atoms with van der Waals surface area (Å²) in [5.74, 6) is -0.602. The summed E-state index contributed by atoms with van der Waals surface area (Å²) in [6, 6.07) is 12.2. The maximum atomic E-state index is 11.9. The van der Waals surface area contributed by atoms with Crippen LogP contribution in [0.2, 0.25) is 0 Å². The number of carbonyl (C=O) groups is 3. The van der Waals surface area contributed by atoms with Gasteiger partial charge < -0.3 is 14.8 Å². The van der Waals surface area contributed by atoms with E-state index >= 15 is 0 Å². The molecule has 0 radical (unpaired) electrons. The number of ether oxygens (including phenoxy) is 2. The molecule has 1 aliphatic rings. The van der Waals surface area contributed by atoms with Crippen molar-refractivity contribution in [1.29, 1.82) is 0 Å². The number of carbonyl (C=O) groups excluding carboxylic acids is 3. The van der Waals surface area contributed by atoms with Crippen molar-refractivity contribution in [2.45, 2.75) is 19.3 Å². The molecule has 2 aromatic rings. The van der Waals surface area contributed by atoms with Crippen molar-refractivity contribution in [3.05, 3.63) is 59.2 Å². The Hall–Kier alpha value is -3.15. The third-order valence-corrected chi connectivity index (χ3v) is 4.12. The minimum absolute atomic E-state index is 0.313. The topological polar surface area (TPSA) is 81.7 Å². The normalized spacial score (nSPS) is 12.2. The minimum Gasteiger partial charge on any atom is -0.482 e. The lowest BCUT2D eigenvalue weighted by atomic mass is 10.1. The fourth-order valence-corrected chi connectivity index (χ4v) is 2.82. The van der Waals surface area contributed by atoms with Crippen LogP contribution in [0, 0.1) is 0 Å². The maximum Gasteiger partial charge on any atom is 0.344 e. The number of rotatable bonds is 7. The van der Waals surface area contributed by atoms with E-state index in [9.17, 15) is 14.4 Å². The Bertz CT molecular complexity index is 813. The molecule has 26 heavy (non-hydrogen) atoms. The third-order valence-electron chi connectivity index (χ3n) is 4.12. The van der Waals surface area contributed by atoms with Gasteiger partial charge in [-0.05, 0) is 66.8 Å². The average Bonchev–Trinajstić information content (AvgIpc) is 3.13. The van der Waals surface area contributed by atoms with Crippen molar-refractivity contribution in [3.8, 4) is 5.75 Å². The van der Waals surface area contributed by atoms with Crippen LogP contribution in [0.25, 0.3) is 0 Å². The SMILES string of the molecule is O=Cc1ccc(OCC(=O)OCC(=O)Nc2ccc3c(c2)CCC3)cc1. The van der Waals surface area contributed by atoms with Gasteiger partial charge in [-0.1, -0.05) is 6.07 Å². The molecule has 0 unspecified atom stereocenters. The zero-order chi connectivity index (χ0) is 18.4.